The summed E-state index contributed by atoms with van der Waals surface area (Å²) < 4.78 is 33.7. The van der Waals surface area contributed by atoms with Crippen LogP contribution < -0.4 is 4.90 Å². The van der Waals surface area contributed by atoms with Gasteiger partial charge in [0, 0.05) is 19.6 Å². The lowest BCUT2D eigenvalue weighted by Crippen LogP contribution is -2.48. The zero-order valence-corrected chi connectivity index (χ0v) is 12.6. The number of ether oxygens (including phenoxy) is 1. The molecule has 2 rings (SSSR count). The summed E-state index contributed by atoms with van der Waals surface area (Å²) in [6.07, 6.45) is -0.359. The standard InChI is InChI=1S/C15H17F2N3O3/c1-19(9-14(21)22)7-11-8-20(2-3-23-11)15-12(16)4-10(6-18)5-13(15)17/h4-5,11H,2-3,7-9H2,1H3,(H,21,22). The van der Waals surface area contributed by atoms with Crippen molar-refractivity contribution in [2.24, 2.45) is 0 Å². The number of benzene rings is 1. The van der Waals surface area contributed by atoms with E-state index in [0.717, 1.165) is 12.1 Å². The number of carboxylic acids is 1. The molecule has 124 valence electrons. The van der Waals surface area contributed by atoms with E-state index in [1.54, 1.807) is 18.0 Å². The Hall–Kier alpha value is -2.24. The van der Waals surface area contributed by atoms with Gasteiger partial charge in [0.05, 0.1) is 30.9 Å². The molecule has 0 aromatic heterocycles. The average Bonchev–Trinajstić information content (AvgIpc) is 2.45. The maximum absolute atomic E-state index is 14.1. The molecular formula is C15H17F2N3O3. The lowest BCUT2D eigenvalue weighted by molar-refractivity contribution is -0.138. The Morgan fingerprint density at radius 1 is 1.52 bits per heavy atom. The first kappa shape index (κ1) is 17.1. The average molecular weight is 325 g/mol. The second-order valence-electron chi connectivity index (χ2n) is 5.43. The summed E-state index contributed by atoms with van der Waals surface area (Å²) in [5, 5.41) is 17.5. The van der Waals surface area contributed by atoms with Crippen LogP contribution in [0.1, 0.15) is 5.56 Å². The molecule has 0 aliphatic carbocycles. The normalized spacial score (nSPS) is 18.0. The Labute approximate surface area is 132 Å². The van der Waals surface area contributed by atoms with Crippen molar-refractivity contribution in [3.8, 4) is 6.07 Å². The summed E-state index contributed by atoms with van der Waals surface area (Å²) in [4.78, 5) is 13.8. The van der Waals surface area contributed by atoms with Crippen LogP contribution in [0.2, 0.25) is 0 Å². The van der Waals surface area contributed by atoms with Crippen LogP contribution in [-0.4, -0.2) is 61.9 Å². The lowest BCUT2D eigenvalue weighted by atomic mass is 10.1. The largest absolute Gasteiger partial charge is 0.480 e. The Morgan fingerprint density at radius 3 is 2.74 bits per heavy atom. The smallest absolute Gasteiger partial charge is 0.317 e. The van der Waals surface area contributed by atoms with Crippen molar-refractivity contribution in [3.63, 3.8) is 0 Å². The monoisotopic (exact) mass is 325 g/mol. The van der Waals surface area contributed by atoms with E-state index in [2.05, 4.69) is 0 Å². The number of likely N-dealkylation sites (N-methyl/N-ethyl adjacent to an activating group) is 1. The van der Waals surface area contributed by atoms with Crippen molar-refractivity contribution < 1.29 is 23.4 Å². The van der Waals surface area contributed by atoms with Gasteiger partial charge in [-0.2, -0.15) is 5.26 Å². The Kier molecular flexibility index (Phi) is 5.47. The predicted molar refractivity (Wildman–Crippen MR) is 78.2 cm³/mol. The fourth-order valence-corrected chi connectivity index (χ4v) is 2.61. The van der Waals surface area contributed by atoms with Crippen LogP contribution in [0, 0.1) is 23.0 Å². The van der Waals surface area contributed by atoms with Gasteiger partial charge in [-0.3, -0.25) is 9.69 Å². The first-order valence-electron chi connectivity index (χ1n) is 7.06. The first-order chi connectivity index (χ1) is 10.9. The van der Waals surface area contributed by atoms with Gasteiger partial charge in [-0.25, -0.2) is 8.78 Å². The minimum absolute atomic E-state index is 0.0743. The minimum atomic E-state index is -0.954. The van der Waals surface area contributed by atoms with Crippen molar-refractivity contribution >= 4 is 11.7 Å². The summed E-state index contributed by atoms with van der Waals surface area (Å²) in [5.41, 5.74) is -0.257. The van der Waals surface area contributed by atoms with Crippen LogP contribution in [-0.2, 0) is 9.53 Å². The molecule has 23 heavy (non-hydrogen) atoms. The van der Waals surface area contributed by atoms with E-state index in [1.165, 1.54) is 4.90 Å². The Balaban J connectivity index is 2.10. The van der Waals surface area contributed by atoms with E-state index in [0.29, 0.717) is 13.1 Å². The van der Waals surface area contributed by atoms with Crippen LogP contribution in [0.25, 0.3) is 0 Å². The molecule has 6 nitrogen and oxygen atoms in total. The number of carboxylic acid groups (broad SMARTS) is 1. The van der Waals surface area contributed by atoms with Gasteiger partial charge in [0.25, 0.3) is 0 Å². The summed E-state index contributed by atoms with van der Waals surface area (Å²) >= 11 is 0. The molecule has 8 heteroatoms. The van der Waals surface area contributed by atoms with Crippen LogP contribution in [0.4, 0.5) is 14.5 Å². The van der Waals surface area contributed by atoms with Gasteiger partial charge in [-0.15, -0.1) is 0 Å². The zero-order valence-electron chi connectivity index (χ0n) is 12.6. The van der Waals surface area contributed by atoms with E-state index >= 15 is 0 Å². The third-order valence-corrected chi connectivity index (χ3v) is 3.52. The third-order valence-electron chi connectivity index (χ3n) is 3.52. The highest BCUT2D eigenvalue weighted by molar-refractivity contribution is 5.69. The zero-order chi connectivity index (χ0) is 17.0. The molecule has 0 bridgehead atoms. The second kappa shape index (κ2) is 7.35. The third kappa shape index (κ3) is 4.37. The molecule has 1 saturated heterocycles. The molecule has 1 aromatic rings. The molecule has 0 spiro atoms. The molecule has 1 fully saturated rings. The Bertz CT molecular complexity index is 610. The summed E-state index contributed by atoms with van der Waals surface area (Å²) in [6, 6.07) is 3.71. The lowest BCUT2D eigenvalue weighted by Gasteiger charge is -2.36. The molecular weight excluding hydrogens is 308 g/mol. The quantitative estimate of drug-likeness (QED) is 0.872. The number of nitrogens with zero attached hydrogens (tertiary/aromatic N) is 3. The number of anilines is 1. The number of aliphatic carboxylic acids is 1. The second-order valence-corrected chi connectivity index (χ2v) is 5.43. The summed E-state index contributed by atoms with van der Waals surface area (Å²) in [7, 11) is 1.64. The van der Waals surface area contributed by atoms with Gasteiger partial charge in [0.1, 0.15) is 5.69 Å². The van der Waals surface area contributed by atoms with E-state index in [1.807, 2.05) is 0 Å². The van der Waals surface area contributed by atoms with E-state index in [9.17, 15) is 13.6 Å². The van der Waals surface area contributed by atoms with Crippen LogP contribution in [0.3, 0.4) is 0 Å². The van der Waals surface area contributed by atoms with Crippen LogP contribution >= 0.6 is 0 Å². The molecule has 1 atom stereocenters. The maximum Gasteiger partial charge on any atom is 0.317 e. The molecule has 0 saturated carbocycles. The van der Waals surface area contributed by atoms with Gasteiger partial charge in [0.15, 0.2) is 11.6 Å². The fraction of sp³-hybridized carbons (Fsp3) is 0.467. The minimum Gasteiger partial charge on any atom is -0.480 e. The van der Waals surface area contributed by atoms with E-state index in [-0.39, 0.29) is 37.1 Å². The summed E-state index contributed by atoms with van der Waals surface area (Å²) in [5.74, 6) is -2.54. The van der Waals surface area contributed by atoms with Gasteiger partial charge >= 0.3 is 5.97 Å². The molecule has 1 unspecified atom stereocenters. The highest BCUT2D eigenvalue weighted by atomic mass is 19.1. The number of morpholine rings is 1. The molecule has 1 heterocycles. The molecule has 1 aromatic carbocycles. The van der Waals surface area contributed by atoms with E-state index < -0.39 is 17.6 Å². The first-order valence-corrected chi connectivity index (χ1v) is 7.06. The number of halogens is 2. The SMILES string of the molecule is CN(CC(=O)O)CC1CN(c2c(F)cc(C#N)cc2F)CCO1. The van der Waals surface area contributed by atoms with Crippen molar-refractivity contribution in [2.75, 3.05) is 44.7 Å². The Morgan fingerprint density at radius 2 is 2.17 bits per heavy atom. The summed E-state index contributed by atoms with van der Waals surface area (Å²) in [6.45, 7) is 1.04. The number of hydrogen-bond donors (Lipinski definition) is 1. The maximum atomic E-state index is 14.1. The number of nitriles is 1. The molecule has 0 amide bonds. The highest BCUT2D eigenvalue weighted by Gasteiger charge is 2.26. The van der Waals surface area contributed by atoms with Gasteiger partial charge in [-0.05, 0) is 19.2 Å². The van der Waals surface area contributed by atoms with Crippen molar-refractivity contribution in [1.82, 2.24) is 4.90 Å². The van der Waals surface area contributed by atoms with Crippen molar-refractivity contribution in [2.45, 2.75) is 6.10 Å². The van der Waals surface area contributed by atoms with Crippen LogP contribution in [0.15, 0.2) is 12.1 Å². The topological polar surface area (TPSA) is 76.8 Å². The number of hydrogen-bond acceptors (Lipinski definition) is 5. The van der Waals surface area contributed by atoms with Crippen LogP contribution in [0.5, 0.6) is 0 Å². The molecule has 1 aliphatic rings. The molecule has 0 radical (unpaired) electrons. The fourth-order valence-electron chi connectivity index (χ4n) is 2.61. The van der Waals surface area contributed by atoms with Gasteiger partial charge in [0.2, 0.25) is 0 Å². The van der Waals surface area contributed by atoms with Crippen molar-refractivity contribution in [3.05, 3.63) is 29.3 Å². The van der Waals surface area contributed by atoms with Crippen molar-refractivity contribution in [1.29, 1.82) is 5.26 Å². The number of rotatable bonds is 5. The van der Waals surface area contributed by atoms with Gasteiger partial charge in [-0.1, -0.05) is 0 Å². The number of carbonyl (C=O) groups is 1. The highest BCUT2D eigenvalue weighted by Crippen LogP contribution is 2.26. The van der Waals surface area contributed by atoms with E-state index in [4.69, 9.17) is 15.1 Å². The molecule has 1 N–H and O–H groups in total. The molecule has 1 aliphatic heterocycles. The predicted octanol–water partition coefficient (Wildman–Crippen LogP) is 1.06. The van der Waals surface area contributed by atoms with Gasteiger partial charge < -0.3 is 14.7 Å².